The molecule has 1 saturated heterocycles. The van der Waals surface area contributed by atoms with Crippen molar-refractivity contribution in [2.24, 2.45) is 0 Å². The van der Waals surface area contributed by atoms with Crippen LogP contribution in [0, 0.1) is 0 Å². The van der Waals surface area contributed by atoms with Crippen molar-refractivity contribution in [3.05, 3.63) is 23.8 Å². The van der Waals surface area contributed by atoms with Crippen molar-refractivity contribution in [1.29, 1.82) is 0 Å². The predicted octanol–water partition coefficient (Wildman–Crippen LogP) is 2.99. The van der Waals surface area contributed by atoms with E-state index in [4.69, 9.17) is 14.2 Å². The van der Waals surface area contributed by atoms with Crippen molar-refractivity contribution in [3.8, 4) is 11.5 Å². The number of carbonyl (C=O) groups excluding carboxylic acids is 2. The Bertz CT molecular complexity index is 713. The first-order valence-electron chi connectivity index (χ1n) is 9.38. The predicted molar refractivity (Wildman–Crippen MR) is 100.0 cm³/mol. The van der Waals surface area contributed by atoms with Crippen LogP contribution in [-0.2, 0) is 9.53 Å². The molecule has 7 nitrogen and oxygen atoms in total. The van der Waals surface area contributed by atoms with E-state index in [9.17, 15) is 9.59 Å². The number of benzene rings is 1. The molecule has 0 saturated carbocycles. The lowest BCUT2D eigenvalue weighted by atomic mass is 10.0. The van der Waals surface area contributed by atoms with E-state index in [1.54, 1.807) is 27.8 Å². The van der Waals surface area contributed by atoms with Crippen LogP contribution in [-0.4, -0.2) is 60.8 Å². The number of ether oxygens (including phenoxy) is 3. The Morgan fingerprint density at radius 2 is 1.93 bits per heavy atom. The smallest absolute Gasteiger partial charge is 0.410 e. The summed E-state index contributed by atoms with van der Waals surface area (Å²) >= 11 is 0. The molecule has 2 amide bonds. The van der Waals surface area contributed by atoms with Crippen LogP contribution in [0.25, 0.3) is 0 Å². The van der Waals surface area contributed by atoms with E-state index in [-0.39, 0.29) is 18.5 Å². The average Bonchev–Trinajstić information content (AvgIpc) is 3.09. The Balaban J connectivity index is 1.67. The van der Waals surface area contributed by atoms with E-state index in [1.807, 2.05) is 23.1 Å². The molecule has 0 unspecified atom stereocenters. The van der Waals surface area contributed by atoms with Crippen LogP contribution >= 0.6 is 0 Å². The minimum atomic E-state index is -0.588. The van der Waals surface area contributed by atoms with Gasteiger partial charge in [0.1, 0.15) is 25.4 Å². The van der Waals surface area contributed by atoms with Crippen molar-refractivity contribution >= 4 is 12.0 Å². The first-order chi connectivity index (χ1) is 12.7. The van der Waals surface area contributed by atoms with Gasteiger partial charge in [0, 0.05) is 13.6 Å². The third-order valence-corrected chi connectivity index (χ3v) is 4.60. The van der Waals surface area contributed by atoms with Gasteiger partial charge < -0.3 is 24.0 Å². The minimum Gasteiger partial charge on any atom is -0.486 e. The molecule has 2 aliphatic rings. The molecule has 7 heteroatoms. The van der Waals surface area contributed by atoms with Gasteiger partial charge in [0.05, 0.1) is 6.04 Å². The summed E-state index contributed by atoms with van der Waals surface area (Å²) in [6.45, 7) is 7.18. The van der Waals surface area contributed by atoms with Crippen LogP contribution in [0.3, 0.4) is 0 Å². The molecule has 2 heterocycles. The molecule has 1 aromatic carbocycles. The largest absolute Gasteiger partial charge is 0.486 e. The van der Waals surface area contributed by atoms with Crippen molar-refractivity contribution in [3.63, 3.8) is 0 Å². The second-order valence-corrected chi connectivity index (χ2v) is 7.98. The summed E-state index contributed by atoms with van der Waals surface area (Å²) in [5.74, 6) is 1.38. The fourth-order valence-corrected chi connectivity index (χ4v) is 3.38. The van der Waals surface area contributed by atoms with Crippen LogP contribution in [0.5, 0.6) is 11.5 Å². The molecule has 1 aromatic rings. The van der Waals surface area contributed by atoms with E-state index in [0.29, 0.717) is 19.8 Å². The molecular formula is C20H28N2O5. The van der Waals surface area contributed by atoms with Crippen LogP contribution in [0.2, 0.25) is 0 Å². The number of likely N-dealkylation sites (N-methyl/N-ethyl adjacent to an activating group) is 1. The van der Waals surface area contributed by atoms with Gasteiger partial charge in [-0.2, -0.15) is 0 Å². The number of likely N-dealkylation sites (tertiary alicyclic amines) is 1. The molecule has 0 aromatic heterocycles. The monoisotopic (exact) mass is 376 g/mol. The van der Waals surface area contributed by atoms with Crippen molar-refractivity contribution in [2.45, 2.75) is 45.3 Å². The highest BCUT2D eigenvalue weighted by Crippen LogP contribution is 2.38. The molecule has 1 fully saturated rings. The van der Waals surface area contributed by atoms with Crippen molar-refractivity contribution in [2.75, 3.05) is 33.4 Å². The van der Waals surface area contributed by atoms with Crippen molar-refractivity contribution < 1.29 is 23.8 Å². The minimum absolute atomic E-state index is 0.00400. The summed E-state index contributed by atoms with van der Waals surface area (Å²) in [5, 5.41) is 0. The van der Waals surface area contributed by atoms with Gasteiger partial charge in [0.2, 0.25) is 5.91 Å². The number of hydrogen-bond acceptors (Lipinski definition) is 5. The van der Waals surface area contributed by atoms with Gasteiger partial charge in [-0.15, -0.1) is 0 Å². The Labute approximate surface area is 160 Å². The van der Waals surface area contributed by atoms with Gasteiger partial charge in [0.15, 0.2) is 11.5 Å². The lowest BCUT2D eigenvalue weighted by molar-refractivity contribution is -0.133. The number of fused-ring (bicyclic) bond motifs is 1. The van der Waals surface area contributed by atoms with Crippen LogP contribution in [0.4, 0.5) is 4.79 Å². The standard InChI is InChI=1S/C20H28N2O5/c1-20(2,3)27-19(24)21(4)13-18(23)22-9-5-6-15(22)14-7-8-16-17(12-14)26-11-10-25-16/h7-8,12,15H,5-6,9-11,13H2,1-4H3/t15-/m0/s1. The van der Waals surface area contributed by atoms with Crippen LogP contribution < -0.4 is 9.47 Å². The van der Waals surface area contributed by atoms with Gasteiger partial charge in [0.25, 0.3) is 0 Å². The molecule has 2 aliphatic heterocycles. The second-order valence-electron chi connectivity index (χ2n) is 7.98. The fraction of sp³-hybridized carbons (Fsp3) is 0.600. The normalized spacial score (nSPS) is 19.0. The highest BCUT2D eigenvalue weighted by atomic mass is 16.6. The summed E-state index contributed by atoms with van der Waals surface area (Å²) in [6.07, 6.45) is 1.33. The lowest BCUT2D eigenvalue weighted by Gasteiger charge is -2.29. The summed E-state index contributed by atoms with van der Waals surface area (Å²) in [7, 11) is 1.58. The highest BCUT2D eigenvalue weighted by molar-refractivity contribution is 5.83. The van der Waals surface area contributed by atoms with Gasteiger partial charge in [-0.1, -0.05) is 6.07 Å². The SMILES string of the molecule is CN(CC(=O)N1CCC[C@H]1c1ccc2c(c1)OCCO2)C(=O)OC(C)(C)C. The zero-order valence-corrected chi connectivity index (χ0v) is 16.5. The molecule has 0 radical (unpaired) electrons. The first-order valence-corrected chi connectivity index (χ1v) is 9.38. The van der Waals surface area contributed by atoms with Crippen molar-refractivity contribution in [1.82, 2.24) is 9.80 Å². The van der Waals surface area contributed by atoms with Gasteiger partial charge in [-0.3, -0.25) is 4.79 Å². The summed E-state index contributed by atoms with van der Waals surface area (Å²) in [4.78, 5) is 28.1. The average molecular weight is 376 g/mol. The number of nitrogens with zero attached hydrogens (tertiary/aromatic N) is 2. The quantitative estimate of drug-likeness (QED) is 0.811. The van der Waals surface area contributed by atoms with Crippen LogP contribution in [0.15, 0.2) is 18.2 Å². The van der Waals surface area contributed by atoms with E-state index in [0.717, 1.165) is 29.9 Å². The van der Waals surface area contributed by atoms with E-state index < -0.39 is 11.7 Å². The molecule has 0 bridgehead atoms. The summed E-state index contributed by atoms with van der Waals surface area (Å²) in [6, 6.07) is 5.83. The third-order valence-electron chi connectivity index (χ3n) is 4.60. The fourth-order valence-electron chi connectivity index (χ4n) is 3.38. The topological polar surface area (TPSA) is 68.3 Å². The zero-order valence-electron chi connectivity index (χ0n) is 16.5. The highest BCUT2D eigenvalue weighted by Gasteiger charge is 2.32. The zero-order chi connectivity index (χ0) is 19.6. The van der Waals surface area contributed by atoms with E-state index in [2.05, 4.69) is 0 Å². The van der Waals surface area contributed by atoms with Crippen LogP contribution in [0.1, 0.15) is 45.2 Å². The molecule has 27 heavy (non-hydrogen) atoms. The molecule has 0 N–H and O–H groups in total. The first kappa shape index (κ1) is 19.3. The molecule has 3 rings (SSSR count). The van der Waals surface area contributed by atoms with Gasteiger partial charge in [-0.05, 0) is 51.3 Å². The second kappa shape index (κ2) is 7.66. The maximum atomic E-state index is 12.8. The molecule has 1 atom stereocenters. The lowest BCUT2D eigenvalue weighted by Crippen LogP contribution is -2.42. The molecular weight excluding hydrogens is 348 g/mol. The third kappa shape index (κ3) is 4.64. The Kier molecular flexibility index (Phi) is 5.48. The molecule has 0 aliphatic carbocycles. The van der Waals surface area contributed by atoms with Gasteiger partial charge in [-0.25, -0.2) is 4.79 Å². The number of rotatable bonds is 3. The Morgan fingerprint density at radius 3 is 2.63 bits per heavy atom. The number of carbonyl (C=O) groups is 2. The van der Waals surface area contributed by atoms with Gasteiger partial charge >= 0.3 is 6.09 Å². The van der Waals surface area contributed by atoms with E-state index in [1.165, 1.54) is 4.90 Å². The molecule has 0 spiro atoms. The maximum Gasteiger partial charge on any atom is 0.410 e. The Morgan fingerprint density at radius 1 is 1.22 bits per heavy atom. The maximum absolute atomic E-state index is 12.8. The summed E-state index contributed by atoms with van der Waals surface area (Å²) in [5.41, 5.74) is 0.445. The number of amides is 2. The van der Waals surface area contributed by atoms with E-state index >= 15 is 0 Å². The number of hydrogen-bond donors (Lipinski definition) is 0. The summed E-state index contributed by atoms with van der Waals surface area (Å²) < 4.78 is 16.6. The Hall–Kier alpha value is -2.44. The molecule has 148 valence electrons.